The number of hydrogen-bond acceptors (Lipinski definition) is 4. The van der Waals surface area contributed by atoms with Crippen molar-refractivity contribution in [1.82, 2.24) is 4.31 Å². The molecule has 1 saturated heterocycles. The van der Waals surface area contributed by atoms with Gasteiger partial charge in [-0.1, -0.05) is 0 Å². The van der Waals surface area contributed by atoms with Gasteiger partial charge in [-0.15, -0.1) is 0 Å². The first-order valence-electron chi connectivity index (χ1n) is 7.51. The number of epoxide rings is 1. The Morgan fingerprint density at radius 2 is 2.00 bits per heavy atom. The number of hydrogen-bond donors (Lipinski definition) is 1. The molecule has 1 N–H and O–H groups in total. The zero-order chi connectivity index (χ0) is 18.8. The summed E-state index contributed by atoms with van der Waals surface area (Å²) in [5.74, 6) is -1.07. The van der Waals surface area contributed by atoms with Crippen LogP contribution in [0.3, 0.4) is 0 Å². The second-order valence-electron chi connectivity index (χ2n) is 5.85. The van der Waals surface area contributed by atoms with Crippen molar-refractivity contribution in [1.29, 1.82) is 0 Å². The van der Waals surface area contributed by atoms with E-state index >= 15 is 0 Å². The number of carboxylic acid groups (broad SMARTS) is 1. The monoisotopic (exact) mass is 381 g/mol. The van der Waals surface area contributed by atoms with E-state index in [1.807, 2.05) is 0 Å². The third-order valence-corrected chi connectivity index (χ3v) is 5.52. The quantitative estimate of drug-likeness (QED) is 0.697. The van der Waals surface area contributed by atoms with E-state index in [1.54, 1.807) is 0 Å². The van der Waals surface area contributed by atoms with E-state index in [9.17, 15) is 26.4 Å². The largest absolute Gasteiger partial charge is 0.481 e. The molecule has 25 heavy (non-hydrogen) atoms. The fourth-order valence-corrected chi connectivity index (χ4v) is 3.60. The molecule has 0 radical (unpaired) electrons. The minimum absolute atomic E-state index is 0.0359. The fourth-order valence-electron chi connectivity index (χ4n) is 2.30. The van der Waals surface area contributed by atoms with Crippen molar-refractivity contribution in [2.45, 2.75) is 36.4 Å². The number of aliphatic carboxylic acids is 1. The molecule has 140 valence electrons. The highest BCUT2D eigenvalue weighted by atomic mass is 32.2. The number of carbonyl (C=O) groups is 1. The highest BCUT2D eigenvalue weighted by Crippen LogP contribution is 2.33. The Hall–Kier alpha value is -1.65. The first-order chi connectivity index (χ1) is 11.5. The van der Waals surface area contributed by atoms with E-state index in [-0.39, 0.29) is 37.5 Å². The Labute approximate surface area is 143 Å². The predicted octanol–water partition coefficient (Wildman–Crippen LogP) is 2.13. The molecule has 1 heterocycles. The lowest BCUT2D eigenvalue weighted by Crippen LogP contribution is -2.30. The molecule has 1 aromatic rings. The lowest BCUT2D eigenvalue weighted by molar-refractivity contribution is -0.138. The van der Waals surface area contributed by atoms with Gasteiger partial charge < -0.3 is 9.84 Å². The van der Waals surface area contributed by atoms with Crippen LogP contribution in [0.4, 0.5) is 13.2 Å². The first kappa shape index (κ1) is 19.7. The molecule has 1 aromatic carbocycles. The van der Waals surface area contributed by atoms with Gasteiger partial charge in [0.1, 0.15) is 0 Å². The van der Waals surface area contributed by atoms with Crippen LogP contribution in [0.2, 0.25) is 0 Å². The van der Waals surface area contributed by atoms with Crippen molar-refractivity contribution < 1.29 is 36.2 Å². The third kappa shape index (κ3) is 5.41. The van der Waals surface area contributed by atoms with Crippen molar-refractivity contribution in [2.75, 3.05) is 20.2 Å². The van der Waals surface area contributed by atoms with Gasteiger partial charge in [0.2, 0.25) is 10.0 Å². The second kappa shape index (κ2) is 7.30. The second-order valence-corrected chi connectivity index (χ2v) is 7.90. The van der Waals surface area contributed by atoms with Gasteiger partial charge in [-0.2, -0.15) is 17.5 Å². The van der Waals surface area contributed by atoms with Gasteiger partial charge in [-0.05, 0) is 36.6 Å². The normalized spacial score (nSPS) is 17.7. The van der Waals surface area contributed by atoms with Crippen molar-refractivity contribution in [3.63, 3.8) is 0 Å². The fraction of sp³-hybridized carbons (Fsp3) is 0.533. The molecule has 1 atom stereocenters. The van der Waals surface area contributed by atoms with Crippen LogP contribution in [0.25, 0.3) is 0 Å². The lowest BCUT2D eigenvalue weighted by atomic mass is 10.0. The van der Waals surface area contributed by atoms with E-state index < -0.39 is 32.6 Å². The summed E-state index contributed by atoms with van der Waals surface area (Å²) < 4.78 is 70.2. The predicted molar refractivity (Wildman–Crippen MR) is 81.6 cm³/mol. The van der Waals surface area contributed by atoms with Gasteiger partial charge in [0, 0.05) is 20.0 Å². The Morgan fingerprint density at radius 1 is 1.36 bits per heavy atom. The van der Waals surface area contributed by atoms with E-state index in [0.717, 1.165) is 16.4 Å². The van der Waals surface area contributed by atoms with Crippen LogP contribution < -0.4 is 0 Å². The molecule has 10 heteroatoms. The molecule has 1 fully saturated rings. The Kier molecular flexibility index (Phi) is 5.75. The smallest absolute Gasteiger partial charge is 0.416 e. The summed E-state index contributed by atoms with van der Waals surface area (Å²) in [7, 11) is -2.82. The molecule has 0 bridgehead atoms. The maximum atomic E-state index is 13.1. The van der Waals surface area contributed by atoms with Crippen LogP contribution in [0.1, 0.15) is 24.0 Å². The maximum absolute atomic E-state index is 13.1. The van der Waals surface area contributed by atoms with Gasteiger partial charge in [-0.3, -0.25) is 4.79 Å². The molecule has 0 aromatic heterocycles. The Morgan fingerprint density at radius 3 is 2.52 bits per heavy atom. The number of sulfonamides is 1. The zero-order valence-electron chi connectivity index (χ0n) is 13.4. The van der Waals surface area contributed by atoms with Gasteiger partial charge in [0.15, 0.2) is 0 Å². The van der Waals surface area contributed by atoms with Gasteiger partial charge in [0.25, 0.3) is 0 Å². The number of rotatable bonds is 8. The van der Waals surface area contributed by atoms with Crippen molar-refractivity contribution >= 4 is 16.0 Å². The van der Waals surface area contributed by atoms with Gasteiger partial charge in [0.05, 0.1) is 23.2 Å². The summed E-state index contributed by atoms with van der Waals surface area (Å²) in [6, 6.07) is 2.61. The summed E-state index contributed by atoms with van der Waals surface area (Å²) >= 11 is 0. The summed E-state index contributed by atoms with van der Waals surface area (Å²) in [4.78, 5) is 10.1. The van der Waals surface area contributed by atoms with E-state index in [2.05, 4.69) is 0 Å². The highest BCUT2D eigenvalue weighted by molar-refractivity contribution is 7.89. The average molecular weight is 381 g/mol. The van der Waals surface area contributed by atoms with Crippen LogP contribution in [0.5, 0.6) is 0 Å². The standard InChI is InChI=1S/C15H18F3NO5S/c1-19(8-12-9-24-12)25(22,23)13-6-10(3-2-4-14(20)21)5-11(7-13)15(16,17)18/h5-7,12H,2-4,8-9H2,1H3,(H,20,21)/t12-/m0/s1. The lowest BCUT2D eigenvalue weighted by Gasteiger charge is -2.18. The van der Waals surface area contributed by atoms with Gasteiger partial charge >= 0.3 is 12.1 Å². The van der Waals surface area contributed by atoms with Crippen molar-refractivity contribution in [3.8, 4) is 0 Å². The molecule has 0 amide bonds. The Bertz CT molecular complexity index is 744. The number of alkyl halides is 3. The minimum Gasteiger partial charge on any atom is -0.481 e. The summed E-state index contributed by atoms with van der Waals surface area (Å²) in [6.07, 6.45) is -5.00. The Balaban J connectivity index is 2.32. The van der Waals surface area contributed by atoms with Crippen LogP contribution >= 0.6 is 0 Å². The SMILES string of the molecule is CN(C[C@H]1CO1)S(=O)(=O)c1cc(CCCC(=O)O)cc(C(F)(F)F)c1. The van der Waals surface area contributed by atoms with E-state index in [4.69, 9.17) is 9.84 Å². The molecule has 1 aliphatic rings. The average Bonchev–Trinajstić information content (AvgIpc) is 3.29. The minimum atomic E-state index is -4.70. The van der Waals surface area contributed by atoms with Crippen LogP contribution in [0, 0.1) is 0 Å². The van der Waals surface area contributed by atoms with Gasteiger partial charge in [-0.25, -0.2) is 8.42 Å². The topological polar surface area (TPSA) is 87.2 Å². The summed E-state index contributed by atoms with van der Waals surface area (Å²) in [5, 5.41) is 8.63. The number of aryl methyl sites for hydroxylation is 1. The number of likely N-dealkylation sites (N-methyl/N-ethyl adjacent to an activating group) is 1. The molecule has 0 spiro atoms. The molecule has 2 rings (SSSR count). The third-order valence-electron chi connectivity index (χ3n) is 3.72. The number of benzene rings is 1. The summed E-state index contributed by atoms with van der Waals surface area (Å²) in [6.45, 7) is 0.482. The van der Waals surface area contributed by atoms with Crippen LogP contribution in [-0.4, -0.2) is 50.1 Å². The molecule has 6 nitrogen and oxygen atoms in total. The molecule has 0 aliphatic carbocycles. The molecule has 1 aliphatic heterocycles. The van der Waals surface area contributed by atoms with Crippen LogP contribution in [-0.2, 0) is 32.2 Å². The van der Waals surface area contributed by atoms with E-state index in [1.165, 1.54) is 7.05 Å². The van der Waals surface area contributed by atoms with Crippen molar-refractivity contribution in [3.05, 3.63) is 29.3 Å². The number of carboxylic acids is 1. The number of nitrogens with zero attached hydrogens (tertiary/aromatic N) is 1. The molecular weight excluding hydrogens is 363 g/mol. The van der Waals surface area contributed by atoms with E-state index in [0.29, 0.717) is 12.7 Å². The number of halogens is 3. The molecule has 0 unspecified atom stereocenters. The van der Waals surface area contributed by atoms with Crippen molar-refractivity contribution in [2.24, 2.45) is 0 Å². The molecule has 0 saturated carbocycles. The first-order valence-corrected chi connectivity index (χ1v) is 8.95. The maximum Gasteiger partial charge on any atom is 0.416 e. The highest BCUT2D eigenvalue weighted by Gasteiger charge is 2.34. The molecular formula is C15H18F3NO5S. The zero-order valence-corrected chi connectivity index (χ0v) is 14.2. The van der Waals surface area contributed by atoms with Crippen LogP contribution in [0.15, 0.2) is 23.1 Å². The summed E-state index contributed by atoms with van der Waals surface area (Å²) in [5.41, 5.74) is -0.944. The number of ether oxygens (including phenoxy) is 1.